The Labute approximate surface area is 150 Å². The summed E-state index contributed by atoms with van der Waals surface area (Å²) in [4.78, 5) is 0.0947. The number of fused-ring (bicyclic) bond motifs is 1. The van der Waals surface area contributed by atoms with Crippen molar-refractivity contribution in [1.29, 1.82) is 5.26 Å². The summed E-state index contributed by atoms with van der Waals surface area (Å²) in [6.07, 6.45) is 7.51. The summed E-state index contributed by atoms with van der Waals surface area (Å²) in [5, 5.41) is 9.51. The average Bonchev–Trinajstić information content (AvgIpc) is 2.59. The lowest BCUT2D eigenvalue weighted by atomic mass is 9.61. The highest BCUT2D eigenvalue weighted by molar-refractivity contribution is 7.86. The van der Waals surface area contributed by atoms with Crippen molar-refractivity contribution in [3.8, 4) is 6.07 Å². The van der Waals surface area contributed by atoms with E-state index in [9.17, 15) is 13.7 Å². The third-order valence-corrected chi connectivity index (χ3v) is 7.13. The molecule has 3 atom stereocenters. The number of aryl methyl sites for hydroxylation is 1. The number of hydrogen-bond acceptors (Lipinski definition) is 4. The maximum atomic E-state index is 12.5. The van der Waals surface area contributed by atoms with Gasteiger partial charge in [-0.15, -0.1) is 0 Å². The van der Waals surface area contributed by atoms with Gasteiger partial charge in [0.05, 0.1) is 4.90 Å². The zero-order valence-electron chi connectivity index (χ0n) is 14.9. The van der Waals surface area contributed by atoms with Crippen molar-refractivity contribution in [3.63, 3.8) is 0 Å². The predicted molar refractivity (Wildman–Crippen MR) is 96.2 cm³/mol. The molecule has 2 aliphatic rings. The zero-order valence-corrected chi connectivity index (χ0v) is 15.7. The van der Waals surface area contributed by atoms with Crippen molar-refractivity contribution in [2.24, 2.45) is 11.3 Å². The van der Waals surface area contributed by atoms with Crippen molar-refractivity contribution in [3.05, 3.63) is 41.5 Å². The first-order chi connectivity index (χ1) is 11.8. The molecule has 2 aliphatic carbocycles. The molecule has 3 rings (SSSR count). The van der Waals surface area contributed by atoms with Crippen LogP contribution in [0, 0.1) is 29.6 Å². The summed E-state index contributed by atoms with van der Waals surface area (Å²) >= 11 is 0. The van der Waals surface area contributed by atoms with Crippen LogP contribution < -0.4 is 0 Å². The lowest BCUT2D eigenvalue weighted by molar-refractivity contribution is 0.102. The van der Waals surface area contributed by atoms with Gasteiger partial charge in [-0.3, -0.25) is 0 Å². The highest BCUT2D eigenvalue weighted by Crippen LogP contribution is 2.50. The van der Waals surface area contributed by atoms with Gasteiger partial charge in [0.15, 0.2) is 6.10 Å². The molecular formula is C20H25NO3S. The van der Waals surface area contributed by atoms with Crippen LogP contribution in [-0.2, 0) is 14.3 Å². The van der Waals surface area contributed by atoms with Crippen LogP contribution in [0.25, 0.3) is 0 Å². The Morgan fingerprint density at radius 3 is 2.68 bits per heavy atom. The van der Waals surface area contributed by atoms with E-state index in [1.807, 2.05) is 19.1 Å². The Balaban J connectivity index is 1.79. The van der Waals surface area contributed by atoms with Gasteiger partial charge in [-0.05, 0) is 61.6 Å². The smallest absolute Gasteiger partial charge is 0.243 e. The van der Waals surface area contributed by atoms with Crippen LogP contribution in [0.15, 0.2) is 40.8 Å². The molecule has 5 heteroatoms. The van der Waals surface area contributed by atoms with Crippen LogP contribution in [0.2, 0.25) is 0 Å². The standard InChI is InChI=1S/C20H25NO3S/c1-15-6-8-18(9-7-15)25(22,23)24-19(14-21)16-10-12-20(2)11-4-3-5-17(20)13-16/h6-10,17,19H,3-5,11-13H2,1-2H3/t17-,19+,20-/m0/s1. The second-order valence-corrected chi connectivity index (χ2v) is 9.23. The molecule has 0 amide bonds. The molecule has 1 aromatic carbocycles. The van der Waals surface area contributed by atoms with Gasteiger partial charge >= 0.3 is 0 Å². The number of rotatable bonds is 4. The predicted octanol–water partition coefficient (Wildman–Crippen LogP) is 4.51. The Morgan fingerprint density at radius 2 is 2.00 bits per heavy atom. The van der Waals surface area contributed by atoms with Crippen LogP contribution in [0.5, 0.6) is 0 Å². The number of nitriles is 1. The first-order valence-corrected chi connectivity index (χ1v) is 10.3. The van der Waals surface area contributed by atoms with Crippen molar-refractivity contribution in [1.82, 2.24) is 0 Å². The normalized spacial score (nSPS) is 27.7. The average molecular weight is 359 g/mol. The summed E-state index contributed by atoms with van der Waals surface area (Å²) in [6.45, 7) is 4.21. The minimum Gasteiger partial charge on any atom is -0.243 e. The fraction of sp³-hybridized carbons (Fsp3) is 0.550. The monoisotopic (exact) mass is 359 g/mol. The van der Waals surface area contributed by atoms with Crippen molar-refractivity contribution < 1.29 is 12.6 Å². The molecule has 0 aromatic heterocycles. The minimum atomic E-state index is -3.95. The van der Waals surface area contributed by atoms with Crippen LogP contribution in [-0.4, -0.2) is 14.5 Å². The topological polar surface area (TPSA) is 67.2 Å². The van der Waals surface area contributed by atoms with E-state index in [4.69, 9.17) is 4.18 Å². The number of benzene rings is 1. The van der Waals surface area contributed by atoms with Gasteiger partial charge in [0, 0.05) is 0 Å². The molecule has 1 saturated carbocycles. The molecular weight excluding hydrogens is 334 g/mol. The van der Waals surface area contributed by atoms with Gasteiger partial charge in [0.1, 0.15) is 6.07 Å². The zero-order chi connectivity index (χ0) is 18.1. The third kappa shape index (κ3) is 3.80. The third-order valence-electron chi connectivity index (χ3n) is 5.84. The minimum absolute atomic E-state index is 0.0947. The van der Waals surface area contributed by atoms with Crippen LogP contribution >= 0.6 is 0 Å². The van der Waals surface area contributed by atoms with Gasteiger partial charge in [0.2, 0.25) is 0 Å². The molecule has 134 valence electrons. The van der Waals surface area contributed by atoms with E-state index < -0.39 is 16.2 Å². The molecule has 1 aromatic rings. The molecule has 4 nitrogen and oxygen atoms in total. The molecule has 25 heavy (non-hydrogen) atoms. The molecule has 0 spiro atoms. The highest BCUT2D eigenvalue weighted by atomic mass is 32.2. The molecule has 0 heterocycles. The molecule has 0 unspecified atom stereocenters. The van der Waals surface area contributed by atoms with E-state index in [-0.39, 0.29) is 10.3 Å². The van der Waals surface area contributed by atoms with Crippen LogP contribution in [0.1, 0.15) is 51.0 Å². The maximum Gasteiger partial charge on any atom is 0.298 e. The first kappa shape index (κ1) is 18.2. The summed E-state index contributed by atoms with van der Waals surface area (Å²) in [7, 11) is -3.95. The maximum absolute atomic E-state index is 12.5. The number of nitrogens with zero attached hydrogens (tertiary/aromatic N) is 1. The lowest BCUT2D eigenvalue weighted by Gasteiger charge is -2.45. The Hall–Kier alpha value is -1.64. The fourth-order valence-electron chi connectivity index (χ4n) is 4.09. The Morgan fingerprint density at radius 1 is 1.28 bits per heavy atom. The second-order valence-electron chi connectivity index (χ2n) is 7.66. The van der Waals surface area contributed by atoms with Gasteiger partial charge in [0.25, 0.3) is 10.1 Å². The van der Waals surface area contributed by atoms with E-state index in [2.05, 4.69) is 6.92 Å². The van der Waals surface area contributed by atoms with Crippen molar-refractivity contribution in [2.75, 3.05) is 0 Å². The van der Waals surface area contributed by atoms with E-state index in [1.165, 1.54) is 31.4 Å². The Kier molecular flexibility index (Phi) is 5.04. The van der Waals surface area contributed by atoms with E-state index in [0.717, 1.165) is 30.4 Å². The van der Waals surface area contributed by atoms with E-state index >= 15 is 0 Å². The van der Waals surface area contributed by atoms with E-state index in [0.29, 0.717) is 5.92 Å². The molecule has 0 radical (unpaired) electrons. The summed E-state index contributed by atoms with van der Waals surface area (Å²) in [5.74, 6) is 0.516. The molecule has 0 bridgehead atoms. The molecule has 0 aliphatic heterocycles. The van der Waals surface area contributed by atoms with Gasteiger partial charge in [-0.25, -0.2) is 4.18 Å². The largest absolute Gasteiger partial charge is 0.298 e. The fourth-order valence-corrected chi connectivity index (χ4v) is 5.09. The number of allylic oxidation sites excluding steroid dienone is 1. The second kappa shape index (κ2) is 6.93. The highest BCUT2D eigenvalue weighted by Gasteiger charge is 2.40. The lowest BCUT2D eigenvalue weighted by Crippen LogP contribution is -2.35. The van der Waals surface area contributed by atoms with Gasteiger partial charge < -0.3 is 0 Å². The summed E-state index contributed by atoms with van der Waals surface area (Å²) in [6, 6.07) is 8.54. The summed E-state index contributed by atoms with van der Waals surface area (Å²) < 4.78 is 30.3. The first-order valence-electron chi connectivity index (χ1n) is 8.92. The van der Waals surface area contributed by atoms with Crippen LogP contribution in [0.3, 0.4) is 0 Å². The summed E-state index contributed by atoms with van der Waals surface area (Å²) in [5.41, 5.74) is 2.09. The van der Waals surface area contributed by atoms with Gasteiger partial charge in [-0.1, -0.05) is 43.5 Å². The quantitative estimate of drug-likeness (QED) is 0.586. The van der Waals surface area contributed by atoms with E-state index in [1.54, 1.807) is 12.1 Å². The van der Waals surface area contributed by atoms with Crippen molar-refractivity contribution >= 4 is 10.1 Å². The molecule has 0 N–H and O–H groups in total. The SMILES string of the molecule is Cc1ccc(S(=O)(=O)O[C@H](C#N)C2=CC[C@]3(C)CCCC[C@H]3C2)cc1. The molecule has 1 fully saturated rings. The Bertz CT molecular complexity index is 804. The van der Waals surface area contributed by atoms with Gasteiger partial charge in [-0.2, -0.15) is 13.7 Å². The van der Waals surface area contributed by atoms with Crippen LogP contribution in [0.4, 0.5) is 0 Å². The molecule has 0 saturated heterocycles. The van der Waals surface area contributed by atoms with Crippen molar-refractivity contribution in [2.45, 2.75) is 63.4 Å². The number of hydrogen-bond donors (Lipinski definition) is 0.